The molecule has 2 unspecified atom stereocenters. The number of pyridine rings is 2. The molecule has 6 atom stereocenters. The number of carbonyl (C=O) groups excluding carboxylic acids is 7. The number of nitrogens with zero attached hydrogens (tertiary/aromatic N) is 7. The molecule has 8 heterocycles. The molecule has 6 amide bonds. The molecule has 0 saturated carbocycles. The SMILES string of the molecule is O=C1CCC(N2Cc3cc(Oc4ccc(N5CCN(CCOc6ccc([C@@H]7c8ccc(O)cc8CC[C@@H]7c7ccccc7)cc6)CC5)nc4)ccc3C2=O)C(=O)N1.O=C1CCC(N2Cc3cc(Oc4ccc(N5CCNCC5)nc4)ccc3C2=O)C(=O)N1.O=CCOc1ccc([C@@H]2c3ccc(O)cc3CC[C@@H]2c2ccccc2)cc1. The van der Waals surface area contributed by atoms with Crippen molar-refractivity contribution in [1.82, 2.24) is 40.6 Å². The number of benzene rings is 8. The van der Waals surface area contributed by atoms with Gasteiger partial charge in [-0.3, -0.25) is 49.1 Å². The van der Waals surface area contributed by atoms with Crippen molar-refractivity contribution in [1.29, 1.82) is 0 Å². The predicted molar refractivity (Wildman–Crippen MR) is 432 cm³/mol. The van der Waals surface area contributed by atoms with E-state index in [-0.39, 0.29) is 54.9 Å². The number of aromatic nitrogens is 2. The number of aromatic hydroxyl groups is 2. The number of amides is 6. The number of aldehydes is 1. The minimum atomic E-state index is -0.651. The molecule has 0 radical (unpaired) electrons. The third-order valence-corrected chi connectivity index (χ3v) is 23.1. The van der Waals surface area contributed by atoms with E-state index in [1.54, 1.807) is 42.7 Å². The molecule has 8 aliphatic rings. The summed E-state index contributed by atoms with van der Waals surface area (Å²) in [4.78, 5) is 103. The molecule has 0 bridgehead atoms. The van der Waals surface area contributed by atoms with Crippen LogP contribution < -0.4 is 44.7 Å². The van der Waals surface area contributed by atoms with E-state index < -0.39 is 23.9 Å². The molecule has 23 heteroatoms. The van der Waals surface area contributed by atoms with E-state index in [9.17, 15) is 43.8 Å². The summed E-state index contributed by atoms with van der Waals surface area (Å²) in [5, 5.41) is 28.1. The number of hydrogen-bond donors (Lipinski definition) is 5. The lowest BCUT2D eigenvalue weighted by atomic mass is 9.69. The Kier molecular flexibility index (Phi) is 23.0. The van der Waals surface area contributed by atoms with Crippen molar-refractivity contribution < 1.29 is 62.7 Å². The van der Waals surface area contributed by atoms with Gasteiger partial charge in [-0.25, -0.2) is 9.97 Å². The molecule has 4 saturated heterocycles. The van der Waals surface area contributed by atoms with Gasteiger partial charge in [-0.05, 0) is 215 Å². The molecule has 6 aliphatic heterocycles. The molecule has 0 spiro atoms. The van der Waals surface area contributed by atoms with Gasteiger partial charge in [0.2, 0.25) is 23.6 Å². The lowest BCUT2D eigenvalue weighted by Crippen LogP contribution is -2.52. The second kappa shape index (κ2) is 34.7. The summed E-state index contributed by atoms with van der Waals surface area (Å²) in [5.74, 6) is 5.75. The fourth-order valence-corrected chi connectivity index (χ4v) is 17.4. The first kappa shape index (κ1) is 76.3. The zero-order valence-electron chi connectivity index (χ0n) is 63.7. The third-order valence-electron chi connectivity index (χ3n) is 23.1. The van der Waals surface area contributed by atoms with Crippen molar-refractivity contribution in [2.45, 2.75) is 100 Å². The number of aryl methyl sites for hydroxylation is 2. The number of carbonyl (C=O) groups is 7. The second-order valence-electron chi connectivity index (χ2n) is 30.2. The molecule has 8 aromatic carbocycles. The standard InChI is InChI=1S/C46H45N5O6.C24H22O3.C22H23N5O4/c52-34-9-15-39-32(26-34)8-14-38(30-4-2-1-3-5-30)44(39)31-6-10-35(11-7-31)56-25-24-49-20-22-50(23-21-49)42-18-13-37(28-47-42)57-36-12-16-40-33(27-36)29-51(46(40)55)41-17-19-43(53)48-45(41)54;25-14-15-27-21-10-6-18(7-11-21)24-22(17-4-2-1-3-5-17)12-8-19-16-20(26)9-13-23(19)24;28-20-6-4-18(21(29)25-20)27-13-14-11-15(1-3-17(14)22(27)30)31-16-2-5-19(24-12-16)26-9-7-23-8-10-26/h1-7,9-13,15-16,18,26-28,38,41,44,52H,8,14,17,19-25,29H2,(H,48,53,54);1-7,9-11,13-14,16,22,24,26H,8,12,15H2;1-3,5,11-12,18,23H,4,6-10,13H2,(H,25,28,29)/t38-,41?,44+;22-,24+;/m11./s1. The van der Waals surface area contributed by atoms with Gasteiger partial charge < -0.3 is 54.1 Å². The van der Waals surface area contributed by atoms with Crippen molar-refractivity contribution >= 4 is 53.4 Å². The van der Waals surface area contributed by atoms with E-state index in [0.29, 0.717) is 95.7 Å². The minimum Gasteiger partial charge on any atom is -0.508 e. The lowest BCUT2D eigenvalue weighted by Gasteiger charge is -2.35. The fraction of sp³-hybridized carbons (Fsp3) is 0.293. The zero-order chi connectivity index (χ0) is 78.9. The van der Waals surface area contributed by atoms with Crippen molar-refractivity contribution in [2.75, 3.05) is 81.9 Å². The van der Waals surface area contributed by atoms with Gasteiger partial charge in [0.25, 0.3) is 11.8 Å². The number of piperazine rings is 2. The number of fused-ring (bicyclic) bond motifs is 4. The molecule has 5 N–H and O–H groups in total. The van der Waals surface area contributed by atoms with Gasteiger partial charge in [-0.15, -0.1) is 0 Å². The highest BCUT2D eigenvalue weighted by atomic mass is 16.5. The predicted octanol–water partition coefficient (Wildman–Crippen LogP) is 12.3. The van der Waals surface area contributed by atoms with Crippen LogP contribution in [0.3, 0.4) is 0 Å². The zero-order valence-corrected chi connectivity index (χ0v) is 63.7. The fourth-order valence-electron chi connectivity index (χ4n) is 17.4. The molecular formula is C92H90N10O13. The summed E-state index contributed by atoms with van der Waals surface area (Å²) in [6, 6.07) is 66.6. The molecule has 586 valence electrons. The Morgan fingerprint density at radius 1 is 0.426 bits per heavy atom. The number of phenolic OH excluding ortho intramolecular Hbond substituents is 2. The summed E-state index contributed by atoms with van der Waals surface area (Å²) in [6.07, 6.45) is 9.28. The number of rotatable bonds is 19. The molecule has 2 aromatic heterocycles. The Morgan fingerprint density at radius 3 is 1.31 bits per heavy atom. The van der Waals surface area contributed by atoms with Gasteiger partial charge in [0.1, 0.15) is 82.9 Å². The average Bonchev–Trinajstić information content (AvgIpc) is 1.46. The normalized spacial score (nSPS) is 20.4. The van der Waals surface area contributed by atoms with Gasteiger partial charge >= 0.3 is 0 Å². The van der Waals surface area contributed by atoms with E-state index in [0.717, 1.165) is 119 Å². The molecule has 2 aliphatic carbocycles. The molecular weight excluding hydrogens is 1450 g/mol. The first-order valence-electron chi connectivity index (χ1n) is 39.6. The summed E-state index contributed by atoms with van der Waals surface area (Å²) >= 11 is 0. The maximum Gasteiger partial charge on any atom is 0.255 e. The smallest absolute Gasteiger partial charge is 0.255 e. The van der Waals surface area contributed by atoms with Crippen LogP contribution >= 0.6 is 0 Å². The first-order valence-corrected chi connectivity index (χ1v) is 39.6. The number of nitrogens with one attached hydrogen (secondary N) is 3. The Bertz CT molecular complexity index is 5200. The van der Waals surface area contributed by atoms with E-state index in [1.807, 2.05) is 72.8 Å². The van der Waals surface area contributed by atoms with Crippen LogP contribution in [0.25, 0.3) is 0 Å². The van der Waals surface area contributed by atoms with Crippen LogP contribution in [0, 0.1) is 0 Å². The number of imide groups is 2. The number of ether oxygens (including phenoxy) is 4. The van der Waals surface area contributed by atoms with Crippen LogP contribution in [0.2, 0.25) is 0 Å². The van der Waals surface area contributed by atoms with Gasteiger partial charge in [-0.1, -0.05) is 97.1 Å². The van der Waals surface area contributed by atoms with E-state index >= 15 is 0 Å². The Morgan fingerprint density at radius 2 is 0.870 bits per heavy atom. The summed E-state index contributed by atoms with van der Waals surface area (Å²) in [5.41, 5.74) is 12.9. The summed E-state index contributed by atoms with van der Waals surface area (Å²) in [7, 11) is 0. The first-order chi connectivity index (χ1) is 56.2. The maximum atomic E-state index is 13.0. The van der Waals surface area contributed by atoms with Gasteiger partial charge in [0.15, 0.2) is 6.29 Å². The summed E-state index contributed by atoms with van der Waals surface area (Å²) < 4.78 is 23.7. The van der Waals surface area contributed by atoms with Gasteiger partial charge in [-0.2, -0.15) is 0 Å². The van der Waals surface area contributed by atoms with Crippen molar-refractivity contribution in [3.05, 3.63) is 285 Å². The molecule has 18 rings (SSSR count). The maximum absolute atomic E-state index is 13.0. The van der Waals surface area contributed by atoms with E-state index in [1.165, 1.54) is 54.3 Å². The Balaban J connectivity index is 0.000000144. The molecule has 115 heavy (non-hydrogen) atoms. The van der Waals surface area contributed by atoms with Crippen LogP contribution in [-0.4, -0.2) is 161 Å². The quantitative estimate of drug-likeness (QED) is 0.0372. The van der Waals surface area contributed by atoms with Crippen LogP contribution in [-0.2, 0) is 49.9 Å². The second-order valence-corrected chi connectivity index (χ2v) is 30.2. The van der Waals surface area contributed by atoms with Crippen LogP contribution in [0.4, 0.5) is 11.6 Å². The highest BCUT2D eigenvalue weighted by Gasteiger charge is 2.42. The number of hydrogen-bond acceptors (Lipinski definition) is 19. The molecule has 4 fully saturated rings. The van der Waals surface area contributed by atoms with Crippen molar-refractivity contribution in [3.8, 4) is 46.0 Å². The summed E-state index contributed by atoms with van der Waals surface area (Å²) in [6.45, 7) is 9.39. The number of phenols is 2. The average molecular weight is 1540 g/mol. The van der Waals surface area contributed by atoms with Crippen LogP contribution in [0.1, 0.15) is 139 Å². The highest BCUT2D eigenvalue weighted by Crippen LogP contribution is 2.49. The van der Waals surface area contributed by atoms with Crippen molar-refractivity contribution in [3.63, 3.8) is 0 Å². The van der Waals surface area contributed by atoms with Gasteiger partial charge in [0, 0.05) is 108 Å². The van der Waals surface area contributed by atoms with Crippen LogP contribution in [0.5, 0.6) is 46.0 Å². The lowest BCUT2D eigenvalue weighted by molar-refractivity contribution is -0.138. The van der Waals surface area contributed by atoms with E-state index in [2.05, 4.69) is 144 Å². The molecule has 23 nitrogen and oxygen atoms in total. The van der Waals surface area contributed by atoms with Gasteiger partial charge in [0.05, 0.1) is 12.4 Å². The highest BCUT2D eigenvalue weighted by molar-refractivity contribution is 6.06. The number of anilines is 2. The minimum absolute atomic E-state index is 0.0670. The number of piperidine rings is 2. The largest absolute Gasteiger partial charge is 0.508 e. The van der Waals surface area contributed by atoms with Crippen LogP contribution in [0.15, 0.2) is 219 Å². The third kappa shape index (κ3) is 17.4. The Labute approximate surface area is 666 Å². The topological polar surface area (TPSA) is 275 Å². The Hall–Kier alpha value is -12.7. The van der Waals surface area contributed by atoms with E-state index in [4.69, 9.17) is 18.9 Å². The molecule has 10 aromatic rings. The van der Waals surface area contributed by atoms with Crippen molar-refractivity contribution in [2.24, 2.45) is 0 Å². The monoisotopic (exact) mass is 1540 g/mol.